The van der Waals surface area contributed by atoms with Crippen LogP contribution in [0.2, 0.25) is 0 Å². The number of carbonyl (C=O) groups is 2. The van der Waals surface area contributed by atoms with Crippen LogP contribution < -0.4 is 15.4 Å². The van der Waals surface area contributed by atoms with E-state index in [0.29, 0.717) is 18.7 Å². The smallest absolute Gasteiger partial charge is 0.407 e. The molecule has 8 heteroatoms. The van der Waals surface area contributed by atoms with E-state index >= 15 is 0 Å². The molecule has 25 heavy (non-hydrogen) atoms. The Morgan fingerprint density at radius 1 is 1.16 bits per heavy atom. The first-order valence-corrected chi connectivity index (χ1v) is 8.21. The highest BCUT2D eigenvalue weighted by Crippen LogP contribution is 2.22. The highest BCUT2D eigenvalue weighted by atomic mass is 16.6. The first-order valence-electron chi connectivity index (χ1n) is 8.21. The topological polar surface area (TPSA) is 110 Å². The first kappa shape index (κ1) is 20.5. The molecule has 1 rings (SSSR count). The second-order valence-electron chi connectivity index (χ2n) is 6.50. The first-order chi connectivity index (χ1) is 11.7. The summed E-state index contributed by atoms with van der Waals surface area (Å²) < 4.78 is 10.1. The van der Waals surface area contributed by atoms with E-state index in [2.05, 4.69) is 15.6 Å². The van der Waals surface area contributed by atoms with E-state index in [-0.39, 0.29) is 17.5 Å². The summed E-state index contributed by atoms with van der Waals surface area (Å²) in [6.45, 7) is 6.48. The molecular formula is C17H27N3O5. The van der Waals surface area contributed by atoms with Crippen LogP contribution in [0.4, 0.5) is 4.79 Å². The minimum Gasteiger partial charge on any atom is -0.491 e. The molecule has 0 aliphatic heterocycles. The van der Waals surface area contributed by atoms with Gasteiger partial charge in [0, 0.05) is 25.4 Å². The largest absolute Gasteiger partial charge is 0.491 e. The summed E-state index contributed by atoms with van der Waals surface area (Å²) in [4.78, 5) is 27.1. The summed E-state index contributed by atoms with van der Waals surface area (Å²) in [6, 6.07) is 1.43. The summed E-state index contributed by atoms with van der Waals surface area (Å²) in [5.41, 5.74) is -0.179. The monoisotopic (exact) mass is 353 g/mol. The molecule has 8 nitrogen and oxygen atoms in total. The van der Waals surface area contributed by atoms with Gasteiger partial charge in [-0.2, -0.15) is 0 Å². The highest BCUT2D eigenvalue weighted by molar-refractivity contribution is 5.94. The number of pyridine rings is 1. The Labute approximate surface area is 147 Å². The summed E-state index contributed by atoms with van der Waals surface area (Å²) in [5.74, 6) is -0.380. The van der Waals surface area contributed by atoms with E-state index < -0.39 is 11.7 Å². The molecule has 1 heterocycles. The van der Waals surface area contributed by atoms with Crippen molar-refractivity contribution in [3.63, 3.8) is 0 Å². The van der Waals surface area contributed by atoms with E-state index in [1.807, 2.05) is 20.8 Å². The SMILES string of the molecule is COc1cc(C(=O)NCCCCCNC(=O)OC(C)(C)C)cnc1O. The van der Waals surface area contributed by atoms with Crippen LogP contribution in [0.15, 0.2) is 12.3 Å². The zero-order chi connectivity index (χ0) is 18.9. The number of methoxy groups -OCH3 is 1. The van der Waals surface area contributed by atoms with Gasteiger partial charge in [-0.1, -0.05) is 0 Å². The minimum absolute atomic E-state index is 0.154. The maximum atomic E-state index is 12.0. The number of unbranched alkanes of at least 4 members (excludes halogenated alkanes) is 2. The Morgan fingerprint density at radius 3 is 2.40 bits per heavy atom. The molecule has 0 saturated heterocycles. The molecule has 140 valence electrons. The molecule has 0 aliphatic rings. The van der Waals surface area contributed by atoms with E-state index in [9.17, 15) is 14.7 Å². The van der Waals surface area contributed by atoms with Crippen molar-refractivity contribution in [3.8, 4) is 11.6 Å². The fourth-order valence-corrected chi connectivity index (χ4v) is 1.95. The molecule has 0 bridgehead atoms. The molecule has 0 radical (unpaired) electrons. The predicted molar refractivity (Wildman–Crippen MR) is 92.9 cm³/mol. The van der Waals surface area contributed by atoms with Gasteiger partial charge in [-0.05, 0) is 40.0 Å². The van der Waals surface area contributed by atoms with Gasteiger partial charge in [0.1, 0.15) is 5.60 Å². The maximum Gasteiger partial charge on any atom is 0.407 e. The molecule has 2 amide bonds. The van der Waals surface area contributed by atoms with Crippen molar-refractivity contribution < 1.29 is 24.2 Å². The Kier molecular flexibility index (Phi) is 7.97. The molecule has 0 unspecified atom stereocenters. The second kappa shape index (κ2) is 9.71. The number of hydrogen-bond donors (Lipinski definition) is 3. The number of amides is 2. The zero-order valence-corrected chi connectivity index (χ0v) is 15.2. The average molecular weight is 353 g/mol. The number of aromatic hydroxyl groups is 1. The van der Waals surface area contributed by atoms with Gasteiger partial charge in [0.25, 0.3) is 11.8 Å². The van der Waals surface area contributed by atoms with Crippen LogP contribution in [-0.4, -0.2) is 47.9 Å². The van der Waals surface area contributed by atoms with Gasteiger partial charge in [0.2, 0.25) is 0 Å². The van der Waals surface area contributed by atoms with Crippen molar-refractivity contribution in [3.05, 3.63) is 17.8 Å². The van der Waals surface area contributed by atoms with Crippen molar-refractivity contribution in [1.82, 2.24) is 15.6 Å². The van der Waals surface area contributed by atoms with Gasteiger partial charge in [-0.3, -0.25) is 4.79 Å². The van der Waals surface area contributed by atoms with E-state index in [1.165, 1.54) is 19.4 Å². The van der Waals surface area contributed by atoms with Crippen LogP contribution >= 0.6 is 0 Å². The quantitative estimate of drug-likeness (QED) is 0.618. The third-order valence-corrected chi connectivity index (χ3v) is 3.12. The van der Waals surface area contributed by atoms with Crippen LogP contribution in [0.5, 0.6) is 11.6 Å². The van der Waals surface area contributed by atoms with Gasteiger partial charge in [-0.15, -0.1) is 0 Å². The molecule has 0 aliphatic carbocycles. The Balaban J connectivity index is 2.17. The molecule has 1 aromatic heterocycles. The Morgan fingerprint density at radius 2 is 1.80 bits per heavy atom. The van der Waals surface area contributed by atoms with Gasteiger partial charge < -0.3 is 25.2 Å². The lowest BCUT2D eigenvalue weighted by Crippen LogP contribution is -2.33. The number of alkyl carbamates (subject to hydrolysis) is 1. The zero-order valence-electron chi connectivity index (χ0n) is 15.2. The maximum absolute atomic E-state index is 12.0. The highest BCUT2D eigenvalue weighted by Gasteiger charge is 2.15. The van der Waals surface area contributed by atoms with Crippen molar-refractivity contribution in [1.29, 1.82) is 0 Å². The van der Waals surface area contributed by atoms with Crippen molar-refractivity contribution in [2.75, 3.05) is 20.2 Å². The van der Waals surface area contributed by atoms with Crippen LogP contribution in [-0.2, 0) is 4.74 Å². The average Bonchev–Trinajstić information content (AvgIpc) is 2.52. The third-order valence-electron chi connectivity index (χ3n) is 3.12. The van der Waals surface area contributed by atoms with Crippen LogP contribution in [0.3, 0.4) is 0 Å². The normalized spacial score (nSPS) is 10.9. The Bertz CT molecular complexity index is 584. The lowest BCUT2D eigenvalue weighted by Gasteiger charge is -2.19. The van der Waals surface area contributed by atoms with Crippen LogP contribution in [0, 0.1) is 0 Å². The number of nitrogens with one attached hydrogen (secondary N) is 2. The molecule has 0 spiro atoms. The number of hydrogen-bond acceptors (Lipinski definition) is 6. The number of nitrogens with zero attached hydrogens (tertiary/aromatic N) is 1. The van der Waals surface area contributed by atoms with Crippen molar-refractivity contribution in [2.45, 2.75) is 45.6 Å². The molecular weight excluding hydrogens is 326 g/mol. The van der Waals surface area contributed by atoms with Crippen molar-refractivity contribution >= 4 is 12.0 Å². The number of rotatable bonds is 8. The lowest BCUT2D eigenvalue weighted by molar-refractivity contribution is 0.0527. The van der Waals surface area contributed by atoms with Gasteiger partial charge >= 0.3 is 6.09 Å². The molecule has 0 aromatic carbocycles. The van der Waals surface area contributed by atoms with Crippen LogP contribution in [0.25, 0.3) is 0 Å². The van der Waals surface area contributed by atoms with E-state index in [0.717, 1.165) is 19.3 Å². The molecule has 0 atom stereocenters. The summed E-state index contributed by atoms with van der Waals surface area (Å²) in [6.07, 6.45) is 3.30. The summed E-state index contributed by atoms with van der Waals surface area (Å²) >= 11 is 0. The van der Waals surface area contributed by atoms with Crippen molar-refractivity contribution in [2.24, 2.45) is 0 Å². The summed E-state index contributed by atoms with van der Waals surface area (Å²) in [5, 5.41) is 14.9. The van der Waals surface area contributed by atoms with E-state index in [1.54, 1.807) is 0 Å². The van der Waals surface area contributed by atoms with Gasteiger partial charge in [0.15, 0.2) is 5.75 Å². The number of ether oxygens (including phenoxy) is 2. The standard InChI is InChI=1S/C17H27N3O5/c1-17(2,3)25-16(23)19-9-7-5-6-8-18-14(21)12-10-13(24-4)15(22)20-11-12/h10-11H,5-9H2,1-4H3,(H,18,21)(H,19,23)(H,20,22). The second-order valence-corrected chi connectivity index (χ2v) is 6.50. The number of aromatic nitrogens is 1. The summed E-state index contributed by atoms with van der Waals surface area (Å²) in [7, 11) is 1.39. The Hall–Kier alpha value is -2.51. The molecule has 3 N–H and O–H groups in total. The molecule has 0 saturated carbocycles. The predicted octanol–water partition coefficient (Wildman–Crippen LogP) is 2.22. The fourth-order valence-electron chi connectivity index (χ4n) is 1.95. The lowest BCUT2D eigenvalue weighted by atomic mass is 10.2. The molecule has 0 fully saturated rings. The van der Waals surface area contributed by atoms with Gasteiger partial charge in [0.05, 0.1) is 12.7 Å². The molecule has 1 aromatic rings. The van der Waals surface area contributed by atoms with Gasteiger partial charge in [-0.25, -0.2) is 9.78 Å². The third kappa shape index (κ3) is 8.23. The van der Waals surface area contributed by atoms with Crippen LogP contribution in [0.1, 0.15) is 50.4 Å². The van der Waals surface area contributed by atoms with E-state index in [4.69, 9.17) is 9.47 Å². The fraction of sp³-hybridized carbons (Fsp3) is 0.588. The minimum atomic E-state index is -0.500. The number of carbonyl (C=O) groups excluding carboxylic acids is 2.